The Morgan fingerprint density at radius 2 is 2.00 bits per heavy atom. The van der Waals surface area contributed by atoms with Crippen LogP contribution in [0, 0.1) is 13.8 Å². The number of benzene rings is 1. The Morgan fingerprint density at radius 1 is 1.29 bits per heavy atom. The molecule has 1 saturated heterocycles. The summed E-state index contributed by atoms with van der Waals surface area (Å²) in [5, 5.41) is 0.325. The molecular formula is C19H22ClN3O. The number of amides is 1. The van der Waals surface area contributed by atoms with Gasteiger partial charge < -0.3 is 10.6 Å². The van der Waals surface area contributed by atoms with Crippen LogP contribution in [0.2, 0.25) is 5.02 Å². The Kier molecular flexibility index (Phi) is 4.76. The highest BCUT2D eigenvalue weighted by atomic mass is 35.5. The lowest BCUT2D eigenvalue weighted by molar-refractivity contribution is 0.0712. The van der Waals surface area contributed by atoms with Crippen molar-refractivity contribution in [1.82, 2.24) is 9.88 Å². The van der Waals surface area contributed by atoms with Gasteiger partial charge in [-0.2, -0.15) is 0 Å². The lowest BCUT2D eigenvalue weighted by Crippen LogP contribution is -2.38. The van der Waals surface area contributed by atoms with Crippen molar-refractivity contribution < 1.29 is 4.79 Å². The topological polar surface area (TPSA) is 59.2 Å². The maximum atomic E-state index is 12.6. The SMILES string of the molecule is Cc1cccc(C2CCN(C(=O)c3cnc(N)c(Cl)c3)CC2)c1C. The second-order valence-corrected chi connectivity index (χ2v) is 6.85. The zero-order valence-corrected chi connectivity index (χ0v) is 14.8. The third-order valence-corrected chi connectivity index (χ3v) is 5.29. The number of likely N-dealkylation sites (tertiary alicyclic amines) is 1. The fourth-order valence-electron chi connectivity index (χ4n) is 3.36. The molecule has 1 aliphatic rings. The average Bonchev–Trinajstić information content (AvgIpc) is 2.59. The molecule has 4 nitrogen and oxygen atoms in total. The van der Waals surface area contributed by atoms with Crippen LogP contribution < -0.4 is 5.73 Å². The molecule has 1 fully saturated rings. The van der Waals surface area contributed by atoms with E-state index in [1.807, 2.05) is 4.90 Å². The summed E-state index contributed by atoms with van der Waals surface area (Å²) in [4.78, 5) is 18.5. The van der Waals surface area contributed by atoms with E-state index in [4.69, 9.17) is 17.3 Å². The Balaban J connectivity index is 1.69. The first-order valence-corrected chi connectivity index (χ1v) is 8.61. The standard InChI is InChI=1S/C19H22ClN3O/c1-12-4-3-5-16(13(12)2)14-6-8-23(9-7-14)19(24)15-10-17(20)18(21)22-11-15/h3-5,10-11,14H,6-9H2,1-2H3,(H2,21,22). The number of hydrogen-bond donors (Lipinski definition) is 1. The van der Waals surface area contributed by atoms with Crippen LogP contribution in [0.5, 0.6) is 0 Å². The number of rotatable bonds is 2. The van der Waals surface area contributed by atoms with Crippen LogP contribution in [0.3, 0.4) is 0 Å². The van der Waals surface area contributed by atoms with Crippen LogP contribution in [0.25, 0.3) is 0 Å². The summed E-state index contributed by atoms with van der Waals surface area (Å²) in [7, 11) is 0. The number of nitrogens with zero attached hydrogens (tertiary/aromatic N) is 2. The first kappa shape index (κ1) is 16.8. The molecule has 1 aromatic carbocycles. The fourth-order valence-corrected chi connectivity index (χ4v) is 3.52. The van der Waals surface area contributed by atoms with E-state index in [0.717, 1.165) is 25.9 Å². The summed E-state index contributed by atoms with van der Waals surface area (Å²) in [6.45, 7) is 5.83. The zero-order chi connectivity index (χ0) is 17.3. The van der Waals surface area contributed by atoms with Crippen molar-refractivity contribution in [1.29, 1.82) is 0 Å². The number of pyridine rings is 1. The van der Waals surface area contributed by atoms with Crippen molar-refractivity contribution in [2.24, 2.45) is 0 Å². The van der Waals surface area contributed by atoms with Gasteiger partial charge in [-0.3, -0.25) is 4.79 Å². The van der Waals surface area contributed by atoms with Crippen LogP contribution >= 0.6 is 11.6 Å². The van der Waals surface area contributed by atoms with E-state index in [2.05, 4.69) is 37.0 Å². The molecular weight excluding hydrogens is 322 g/mol. The van der Waals surface area contributed by atoms with Gasteiger partial charge in [0.2, 0.25) is 0 Å². The predicted molar refractivity (Wildman–Crippen MR) is 97.5 cm³/mol. The van der Waals surface area contributed by atoms with Crippen molar-refractivity contribution in [3.8, 4) is 0 Å². The van der Waals surface area contributed by atoms with Crippen LogP contribution in [0.15, 0.2) is 30.5 Å². The number of piperidine rings is 1. The monoisotopic (exact) mass is 343 g/mol. The molecule has 24 heavy (non-hydrogen) atoms. The minimum Gasteiger partial charge on any atom is -0.382 e. The minimum atomic E-state index is -0.0242. The highest BCUT2D eigenvalue weighted by molar-refractivity contribution is 6.33. The second kappa shape index (κ2) is 6.81. The predicted octanol–water partition coefficient (Wildman–Crippen LogP) is 3.95. The number of aryl methyl sites for hydroxylation is 1. The van der Waals surface area contributed by atoms with E-state index < -0.39 is 0 Å². The number of halogens is 1. The Bertz CT molecular complexity index is 767. The molecule has 1 aliphatic heterocycles. The third kappa shape index (κ3) is 3.24. The number of nitrogen functional groups attached to an aromatic ring is 1. The maximum absolute atomic E-state index is 12.6. The summed E-state index contributed by atoms with van der Waals surface area (Å²) >= 11 is 5.97. The van der Waals surface area contributed by atoms with Crippen LogP contribution in [0.4, 0.5) is 5.82 Å². The summed E-state index contributed by atoms with van der Waals surface area (Å²) in [5.41, 5.74) is 10.2. The molecule has 5 heteroatoms. The van der Waals surface area contributed by atoms with Crippen LogP contribution in [-0.4, -0.2) is 28.9 Å². The summed E-state index contributed by atoms with van der Waals surface area (Å²) in [5.74, 6) is 0.743. The van der Waals surface area contributed by atoms with Gasteiger partial charge in [0.15, 0.2) is 0 Å². The van der Waals surface area contributed by atoms with Crippen molar-refractivity contribution in [3.63, 3.8) is 0 Å². The number of aromatic nitrogens is 1. The molecule has 0 atom stereocenters. The fraction of sp³-hybridized carbons (Fsp3) is 0.368. The smallest absolute Gasteiger partial charge is 0.255 e. The maximum Gasteiger partial charge on any atom is 0.255 e. The molecule has 0 aliphatic carbocycles. The molecule has 2 heterocycles. The van der Waals surface area contributed by atoms with Crippen molar-refractivity contribution in [3.05, 3.63) is 57.7 Å². The molecule has 2 aromatic rings. The quantitative estimate of drug-likeness (QED) is 0.898. The van der Waals surface area contributed by atoms with Gasteiger partial charge in [0.05, 0.1) is 10.6 Å². The van der Waals surface area contributed by atoms with Gasteiger partial charge in [0, 0.05) is 19.3 Å². The number of anilines is 1. The molecule has 0 bridgehead atoms. The van der Waals surface area contributed by atoms with E-state index in [1.165, 1.54) is 22.9 Å². The second-order valence-electron chi connectivity index (χ2n) is 6.45. The molecule has 0 saturated carbocycles. The molecule has 1 amide bonds. The summed E-state index contributed by atoms with van der Waals surface area (Å²) < 4.78 is 0. The molecule has 0 radical (unpaired) electrons. The third-order valence-electron chi connectivity index (χ3n) is 4.99. The molecule has 1 aromatic heterocycles. The highest BCUT2D eigenvalue weighted by Gasteiger charge is 2.26. The number of carbonyl (C=O) groups excluding carboxylic acids is 1. The zero-order valence-electron chi connectivity index (χ0n) is 14.1. The Hall–Kier alpha value is -2.07. The largest absolute Gasteiger partial charge is 0.382 e. The minimum absolute atomic E-state index is 0.0242. The van der Waals surface area contributed by atoms with Gasteiger partial charge >= 0.3 is 0 Å². The van der Waals surface area contributed by atoms with Crippen molar-refractivity contribution in [2.75, 3.05) is 18.8 Å². The first-order valence-electron chi connectivity index (χ1n) is 8.23. The van der Waals surface area contributed by atoms with Gasteiger partial charge in [-0.1, -0.05) is 29.8 Å². The molecule has 0 spiro atoms. The Labute approximate surface area is 147 Å². The van der Waals surface area contributed by atoms with Gasteiger partial charge in [-0.05, 0) is 55.4 Å². The van der Waals surface area contributed by atoms with Gasteiger partial charge in [0.25, 0.3) is 5.91 Å². The molecule has 2 N–H and O–H groups in total. The van der Waals surface area contributed by atoms with E-state index >= 15 is 0 Å². The summed E-state index contributed by atoms with van der Waals surface area (Å²) in [6, 6.07) is 8.09. The van der Waals surface area contributed by atoms with Crippen molar-refractivity contribution in [2.45, 2.75) is 32.6 Å². The van der Waals surface area contributed by atoms with Crippen molar-refractivity contribution >= 4 is 23.3 Å². The van der Waals surface area contributed by atoms with Crippen LogP contribution in [-0.2, 0) is 0 Å². The lowest BCUT2D eigenvalue weighted by atomic mass is 9.85. The number of carbonyl (C=O) groups is 1. The van der Waals surface area contributed by atoms with Crippen LogP contribution in [0.1, 0.15) is 45.8 Å². The first-order chi connectivity index (χ1) is 11.5. The summed E-state index contributed by atoms with van der Waals surface area (Å²) in [6.07, 6.45) is 3.46. The number of hydrogen-bond acceptors (Lipinski definition) is 3. The normalized spacial score (nSPS) is 15.5. The van der Waals surface area contributed by atoms with Gasteiger partial charge in [-0.25, -0.2) is 4.98 Å². The molecule has 126 valence electrons. The van der Waals surface area contributed by atoms with Gasteiger partial charge in [-0.15, -0.1) is 0 Å². The van der Waals surface area contributed by atoms with E-state index in [9.17, 15) is 4.79 Å². The highest BCUT2D eigenvalue weighted by Crippen LogP contribution is 2.32. The lowest BCUT2D eigenvalue weighted by Gasteiger charge is -2.33. The average molecular weight is 344 g/mol. The molecule has 0 unspecified atom stereocenters. The van der Waals surface area contributed by atoms with E-state index in [1.54, 1.807) is 6.07 Å². The molecule has 3 rings (SSSR count). The van der Waals surface area contributed by atoms with Gasteiger partial charge in [0.1, 0.15) is 5.82 Å². The van der Waals surface area contributed by atoms with E-state index in [0.29, 0.717) is 16.5 Å². The number of nitrogens with two attached hydrogens (primary N) is 1. The van der Waals surface area contributed by atoms with E-state index in [-0.39, 0.29) is 11.7 Å². The Morgan fingerprint density at radius 3 is 2.67 bits per heavy atom.